The summed E-state index contributed by atoms with van der Waals surface area (Å²) >= 11 is 0. The molecule has 0 saturated carbocycles. The van der Waals surface area contributed by atoms with Crippen LogP contribution in [0.25, 0.3) is 27.4 Å². The zero-order valence-electron chi connectivity index (χ0n) is 13.1. The van der Waals surface area contributed by atoms with Crippen molar-refractivity contribution in [2.45, 2.75) is 6.92 Å². The molecule has 0 spiro atoms. The molecule has 0 saturated heterocycles. The van der Waals surface area contributed by atoms with Crippen molar-refractivity contribution in [3.05, 3.63) is 82.8 Å². The van der Waals surface area contributed by atoms with Gasteiger partial charge in [-0.25, -0.2) is 0 Å². The van der Waals surface area contributed by atoms with Gasteiger partial charge in [-0.1, -0.05) is 54.6 Å². The number of hydrogen-bond donors (Lipinski definition) is 0. The minimum absolute atomic E-state index is 0.0946. The number of pyridine rings is 1. The molecule has 0 atom stereocenters. The fraction of sp³-hybridized carbons (Fsp3) is 0.0500. The maximum absolute atomic E-state index is 12.9. The minimum atomic E-state index is -0.230. The van der Waals surface area contributed by atoms with Crippen LogP contribution in [0.15, 0.2) is 71.7 Å². The lowest BCUT2D eigenvalue weighted by molar-refractivity contribution is 0.101. The Kier molecular flexibility index (Phi) is 3.24. The number of nitrogens with zero attached hydrogens (tertiary/aromatic N) is 2. The molecule has 0 aliphatic heterocycles. The molecule has 0 aliphatic carbocycles. The summed E-state index contributed by atoms with van der Waals surface area (Å²) in [4.78, 5) is 25.2. The number of fused-ring (bicyclic) bond motifs is 3. The number of rotatable bonds is 2. The van der Waals surface area contributed by atoms with Gasteiger partial charge >= 0.3 is 0 Å². The highest BCUT2D eigenvalue weighted by Gasteiger charge is 2.16. The lowest BCUT2D eigenvalue weighted by atomic mass is 10.0. The maximum Gasteiger partial charge on any atom is 0.279 e. The van der Waals surface area contributed by atoms with Crippen molar-refractivity contribution in [3.8, 4) is 11.1 Å². The number of aromatic nitrogens is 2. The number of ketones is 1. The van der Waals surface area contributed by atoms with E-state index in [1.165, 1.54) is 11.4 Å². The average molecular weight is 314 g/mol. The Morgan fingerprint density at radius 1 is 1.00 bits per heavy atom. The summed E-state index contributed by atoms with van der Waals surface area (Å²) in [6.07, 6.45) is 1.66. The van der Waals surface area contributed by atoms with E-state index in [1.54, 1.807) is 12.3 Å². The summed E-state index contributed by atoms with van der Waals surface area (Å²) in [7, 11) is 0. The SMILES string of the molecule is CC(=O)c1cc(-c2ccccc2)c(=O)n2ncc3ccccc3c12. The fourth-order valence-corrected chi connectivity index (χ4v) is 3.01. The van der Waals surface area contributed by atoms with Gasteiger partial charge in [-0.15, -0.1) is 0 Å². The Balaban J connectivity index is 2.21. The van der Waals surface area contributed by atoms with Gasteiger partial charge in [0, 0.05) is 21.9 Å². The standard InChI is InChI=1S/C20H14N2O2/c1-13(23)17-11-18(14-7-3-2-4-8-14)20(24)22-19(17)16-10-6-5-9-15(16)12-21-22/h2-12H,1H3. The summed E-state index contributed by atoms with van der Waals surface area (Å²) < 4.78 is 1.33. The smallest absolute Gasteiger partial charge is 0.279 e. The molecular formula is C20H14N2O2. The van der Waals surface area contributed by atoms with Gasteiger partial charge in [0.05, 0.1) is 11.7 Å². The van der Waals surface area contributed by atoms with E-state index in [0.717, 1.165) is 16.3 Å². The highest BCUT2D eigenvalue weighted by molar-refractivity contribution is 6.09. The molecule has 0 N–H and O–H groups in total. The molecule has 4 nitrogen and oxygen atoms in total. The molecule has 0 amide bonds. The Morgan fingerprint density at radius 3 is 2.46 bits per heavy atom. The van der Waals surface area contributed by atoms with Crippen LogP contribution in [0.5, 0.6) is 0 Å². The van der Waals surface area contributed by atoms with Crippen molar-refractivity contribution in [3.63, 3.8) is 0 Å². The number of carbonyl (C=O) groups excluding carboxylic acids is 1. The second-order valence-corrected chi connectivity index (χ2v) is 5.69. The molecule has 0 aliphatic rings. The molecule has 116 valence electrons. The molecule has 0 radical (unpaired) electrons. The summed E-state index contributed by atoms with van der Waals surface area (Å²) in [6.45, 7) is 1.51. The van der Waals surface area contributed by atoms with Gasteiger partial charge in [0.25, 0.3) is 5.56 Å². The van der Waals surface area contributed by atoms with Gasteiger partial charge in [-0.2, -0.15) is 9.61 Å². The van der Waals surface area contributed by atoms with Gasteiger partial charge in [0.1, 0.15) is 0 Å². The number of hydrogen-bond acceptors (Lipinski definition) is 3. The van der Waals surface area contributed by atoms with E-state index in [4.69, 9.17) is 0 Å². The molecule has 4 rings (SSSR count). The van der Waals surface area contributed by atoms with Crippen molar-refractivity contribution < 1.29 is 4.79 Å². The molecule has 4 aromatic rings. The summed E-state index contributed by atoms with van der Waals surface area (Å²) in [5.41, 5.74) is 2.07. The van der Waals surface area contributed by atoms with Gasteiger partial charge in [-0.3, -0.25) is 9.59 Å². The molecule has 24 heavy (non-hydrogen) atoms. The highest BCUT2D eigenvalue weighted by Crippen LogP contribution is 2.25. The third-order valence-corrected chi connectivity index (χ3v) is 4.17. The predicted molar refractivity (Wildman–Crippen MR) is 94.4 cm³/mol. The van der Waals surface area contributed by atoms with Gasteiger partial charge < -0.3 is 0 Å². The predicted octanol–water partition coefficient (Wildman–Crippen LogP) is 3.72. The fourth-order valence-electron chi connectivity index (χ4n) is 3.01. The third-order valence-electron chi connectivity index (χ3n) is 4.17. The molecule has 0 bridgehead atoms. The van der Waals surface area contributed by atoms with E-state index in [-0.39, 0.29) is 11.3 Å². The van der Waals surface area contributed by atoms with Crippen LogP contribution in [0.2, 0.25) is 0 Å². The molecule has 0 fully saturated rings. The lowest BCUT2D eigenvalue weighted by Crippen LogP contribution is -2.20. The van der Waals surface area contributed by atoms with Crippen molar-refractivity contribution in [2.24, 2.45) is 0 Å². The number of benzene rings is 2. The third kappa shape index (κ3) is 2.12. The van der Waals surface area contributed by atoms with Crippen LogP contribution in [0.1, 0.15) is 17.3 Å². The van der Waals surface area contributed by atoms with Crippen LogP contribution in [0.3, 0.4) is 0 Å². The van der Waals surface area contributed by atoms with Gasteiger partial charge in [0.2, 0.25) is 0 Å². The highest BCUT2D eigenvalue weighted by atomic mass is 16.1. The zero-order chi connectivity index (χ0) is 16.7. The molecule has 4 heteroatoms. The molecule has 2 aromatic carbocycles. The first-order chi connectivity index (χ1) is 11.7. The largest absolute Gasteiger partial charge is 0.294 e. The van der Waals surface area contributed by atoms with Crippen LogP contribution in [0.4, 0.5) is 0 Å². The maximum atomic E-state index is 12.9. The van der Waals surface area contributed by atoms with E-state index >= 15 is 0 Å². The molecule has 0 unspecified atom stereocenters. The first-order valence-electron chi connectivity index (χ1n) is 7.67. The molecule has 2 aromatic heterocycles. The Labute approximate surface area is 138 Å². The minimum Gasteiger partial charge on any atom is -0.294 e. The Hall–Kier alpha value is -3.27. The summed E-state index contributed by atoms with van der Waals surface area (Å²) in [5, 5.41) is 6.03. The van der Waals surface area contributed by atoms with Gasteiger partial charge in [-0.05, 0) is 18.6 Å². The lowest BCUT2D eigenvalue weighted by Gasteiger charge is -2.11. The molecular weight excluding hydrogens is 300 g/mol. The Morgan fingerprint density at radius 2 is 1.71 bits per heavy atom. The van der Waals surface area contributed by atoms with Crippen LogP contribution >= 0.6 is 0 Å². The van der Waals surface area contributed by atoms with E-state index in [0.29, 0.717) is 16.6 Å². The monoisotopic (exact) mass is 314 g/mol. The van der Waals surface area contributed by atoms with Crippen LogP contribution in [-0.2, 0) is 0 Å². The van der Waals surface area contributed by atoms with E-state index < -0.39 is 0 Å². The van der Waals surface area contributed by atoms with Crippen molar-refractivity contribution >= 4 is 22.1 Å². The number of Topliss-reactive ketones (excluding diaryl/α,β-unsaturated/α-hetero) is 1. The second-order valence-electron chi connectivity index (χ2n) is 5.69. The quantitative estimate of drug-likeness (QED) is 0.418. The first kappa shape index (κ1) is 14.3. The topological polar surface area (TPSA) is 51.4 Å². The first-order valence-corrected chi connectivity index (χ1v) is 7.67. The van der Waals surface area contributed by atoms with E-state index in [2.05, 4.69) is 5.10 Å². The van der Waals surface area contributed by atoms with Crippen molar-refractivity contribution in [1.82, 2.24) is 9.61 Å². The zero-order valence-corrected chi connectivity index (χ0v) is 13.1. The summed E-state index contributed by atoms with van der Waals surface area (Å²) in [5.74, 6) is -0.0946. The van der Waals surface area contributed by atoms with E-state index in [9.17, 15) is 9.59 Å². The van der Waals surface area contributed by atoms with Gasteiger partial charge in [0.15, 0.2) is 5.78 Å². The van der Waals surface area contributed by atoms with Crippen molar-refractivity contribution in [1.29, 1.82) is 0 Å². The van der Waals surface area contributed by atoms with Crippen LogP contribution in [0, 0.1) is 0 Å². The average Bonchev–Trinajstić information content (AvgIpc) is 2.62. The van der Waals surface area contributed by atoms with E-state index in [1.807, 2.05) is 54.6 Å². The normalized spacial score (nSPS) is 11.0. The van der Waals surface area contributed by atoms with Crippen molar-refractivity contribution in [2.75, 3.05) is 0 Å². The van der Waals surface area contributed by atoms with Crippen LogP contribution in [-0.4, -0.2) is 15.4 Å². The number of carbonyl (C=O) groups is 1. The Bertz CT molecular complexity index is 1140. The second kappa shape index (κ2) is 5.42. The van der Waals surface area contributed by atoms with Crippen LogP contribution < -0.4 is 5.56 Å². The molecule has 2 heterocycles. The summed E-state index contributed by atoms with van der Waals surface area (Å²) in [6, 6.07) is 18.6.